The molecule has 0 bridgehead atoms. The van der Waals surface area contributed by atoms with Crippen LogP contribution in [0.1, 0.15) is 23.1 Å². The van der Waals surface area contributed by atoms with Gasteiger partial charge in [-0.15, -0.1) is 0 Å². The van der Waals surface area contributed by atoms with Gasteiger partial charge in [0.25, 0.3) is 0 Å². The lowest BCUT2D eigenvalue weighted by Gasteiger charge is -2.36. The summed E-state index contributed by atoms with van der Waals surface area (Å²) in [5, 5.41) is 0.803. The minimum atomic E-state index is 0.198. The predicted molar refractivity (Wildman–Crippen MR) is 110 cm³/mol. The molecule has 0 aromatic heterocycles. The number of anilines is 1. The van der Waals surface area contributed by atoms with E-state index in [2.05, 4.69) is 71.3 Å². The molecule has 4 rings (SSSR count). The highest BCUT2D eigenvalue weighted by atomic mass is 35.5. The SMILES string of the molecule is Clc1ccc2c(c1)CCC(C#Cc1ccccc1)N2Cc1ccccc1. The van der Waals surface area contributed by atoms with Gasteiger partial charge < -0.3 is 4.90 Å². The first kappa shape index (κ1) is 16.8. The topological polar surface area (TPSA) is 3.24 Å². The first-order valence-electron chi connectivity index (χ1n) is 8.95. The Bertz CT molecular complexity index is 938. The Kier molecular flexibility index (Phi) is 4.95. The molecule has 0 radical (unpaired) electrons. The van der Waals surface area contributed by atoms with Crippen molar-refractivity contribution in [1.29, 1.82) is 0 Å². The van der Waals surface area contributed by atoms with Crippen molar-refractivity contribution in [2.45, 2.75) is 25.4 Å². The number of aryl methyl sites for hydroxylation is 1. The van der Waals surface area contributed by atoms with Crippen LogP contribution in [0.3, 0.4) is 0 Å². The molecule has 0 saturated carbocycles. The van der Waals surface area contributed by atoms with Crippen LogP contribution in [0.15, 0.2) is 78.9 Å². The molecule has 1 nitrogen and oxygen atoms in total. The van der Waals surface area contributed by atoms with Gasteiger partial charge in [-0.2, -0.15) is 0 Å². The highest BCUT2D eigenvalue weighted by Crippen LogP contribution is 2.33. The monoisotopic (exact) mass is 357 g/mol. The van der Waals surface area contributed by atoms with Gasteiger partial charge in [0.1, 0.15) is 0 Å². The Balaban J connectivity index is 1.68. The van der Waals surface area contributed by atoms with E-state index in [1.807, 2.05) is 24.3 Å². The number of hydrogen-bond donors (Lipinski definition) is 0. The maximum absolute atomic E-state index is 6.22. The van der Waals surface area contributed by atoms with Crippen molar-refractivity contribution in [2.24, 2.45) is 0 Å². The highest BCUT2D eigenvalue weighted by molar-refractivity contribution is 6.30. The van der Waals surface area contributed by atoms with Crippen LogP contribution < -0.4 is 4.90 Å². The summed E-state index contributed by atoms with van der Waals surface area (Å²) in [5.41, 5.74) is 4.92. The van der Waals surface area contributed by atoms with E-state index < -0.39 is 0 Å². The van der Waals surface area contributed by atoms with Crippen molar-refractivity contribution in [3.05, 3.63) is 101 Å². The lowest BCUT2D eigenvalue weighted by atomic mass is 9.95. The molecule has 0 amide bonds. The molecule has 2 heteroatoms. The predicted octanol–water partition coefficient (Wildman–Crippen LogP) is 5.71. The quantitative estimate of drug-likeness (QED) is 0.531. The first-order chi connectivity index (χ1) is 12.8. The summed E-state index contributed by atoms with van der Waals surface area (Å²) in [4.78, 5) is 2.42. The third kappa shape index (κ3) is 3.77. The van der Waals surface area contributed by atoms with Crippen molar-refractivity contribution in [3.63, 3.8) is 0 Å². The molecule has 0 fully saturated rings. The number of nitrogens with zero attached hydrogens (tertiary/aromatic N) is 1. The van der Waals surface area contributed by atoms with E-state index in [9.17, 15) is 0 Å². The Morgan fingerprint density at radius 2 is 1.65 bits per heavy atom. The molecule has 1 aliphatic heterocycles. The Hall–Kier alpha value is -2.69. The van der Waals surface area contributed by atoms with Gasteiger partial charge in [0, 0.05) is 22.8 Å². The fraction of sp³-hybridized carbons (Fsp3) is 0.167. The Labute approximate surface area is 160 Å². The molecule has 3 aromatic carbocycles. The summed E-state index contributed by atoms with van der Waals surface area (Å²) < 4.78 is 0. The van der Waals surface area contributed by atoms with Gasteiger partial charge in [0.2, 0.25) is 0 Å². The molecule has 1 unspecified atom stereocenters. The summed E-state index contributed by atoms with van der Waals surface area (Å²) in [6, 6.07) is 27.2. The van der Waals surface area contributed by atoms with E-state index in [0.717, 1.165) is 30.0 Å². The normalized spacial score (nSPS) is 15.7. The van der Waals surface area contributed by atoms with Crippen LogP contribution in [0.5, 0.6) is 0 Å². The standard InChI is InChI=1S/C24H20ClN/c25-22-13-16-24-21(17-22)12-15-23(14-11-19-7-3-1-4-8-19)26(24)18-20-9-5-2-6-10-20/h1-10,13,16-17,23H,12,15,18H2. The Morgan fingerprint density at radius 3 is 2.42 bits per heavy atom. The summed E-state index contributed by atoms with van der Waals surface area (Å²) in [6.07, 6.45) is 2.02. The number of hydrogen-bond acceptors (Lipinski definition) is 1. The molecule has 26 heavy (non-hydrogen) atoms. The average molecular weight is 358 g/mol. The van der Waals surface area contributed by atoms with Crippen LogP contribution in [-0.2, 0) is 13.0 Å². The highest BCUT2D eigenvalue weighted by Gasteiger charge is 2.25. The zero-order chi connectivity index (χ0) is 17.8. The van der Waals surface area contributed by atoms with Crippen LogP contribution in [-0.4, -0.2) is 6.04 Å². The van der Waals surface area contributed by atoms with Crippen molar-refractivity contribution >= 4 is 17.3 Å². The second-order valence-electron chi connectivity index (χ2n) is 6.58. The largest absolute Gasteiger partial charge is 0.353 e. The zero-order valence-corrected chi connectivity index (χ0v) is 15.3. The van der Waals surface area contributed by atoms with Crippen molar-refractivity contribution in [1.82, 2.24) is 0 Å². The Morgan fingerprint density at radius 1 is 0.923 bits per heavy atom. The fourth-order valence-electron chi connectivity index (χ4n) is 3.46. The lowest BCUT2D eigenvalue weighted by Crippen LogP contribution is -2.38. The van der Waals surface area contributed by atoms with Gasteiger partial charge in [0.15, 0.2) is 0 Å². The van der Waals surface area contributed by atoms with Crippen LogP contribution in [0.25, 0.3) is 0 Å². The average Bonchev–Trinajstić information content (AvgIpc) is 2.69. The minimum Gasteiger partial charge on any atom is -0.353 e. The molecular formula is C24H20ClN. The molecule has 1 atom stereocenters. The number of halogens is 1. The lowest BCUT2D eigenvalue weighted by molar-refractivity contribution is 0.615. The second-order valence-corrected chi connectivity index (χ2v) is 7.01. The molecule has 1 heterocycles. The number of rotatable bonds is 2. The molecule has 0 saturated heterocycles. The van der Waals surface area contributed by atoms with E-state index in [0.29, 0.717) is 0 Å². The minimum absolute atomic E-state index is 0.198. The zero-order valence-electron chi connectivity index (χ0n) is 14.5. The van der Waals surface area contributed by atoms with Crippen LogP contribution in [0, 0.1) is 11.8 Å². The molecule has 0 N–H and O–H groups in total. The van der Waals surface area contributed by atoms with Crippen molar-refractivity contribution < 1.29 is 0 Å². The third-order valence-corrected chi connectivity index (χ3v) is 5.00. The van der Waals surface area contributed by atoms with E-state index >= 15 is 0 Å². The van der Waals surface area contributed by atoms with Gasteiger partial charge in [-0.1, -0.05) is 72.0 Å². The summed E-state index contributed by atoms with van der Waals surface area (Å²) in [7, 11) is 0. The summed E-state index contributed by atoms with van der Waals surface area (Å²) >= 11 is 6.22. The molecule has 0 aliphatic carbocycles. The first-order valence-corrected chi connectivity index (χ1v) is 9.33. The van der Waals surface area contributed by atoms with Crippen LogP contribution >= 0.6 is 11.6 Å². The summed E-state index contributed by atoms with van der Waals surface area (Å²) in [6.45, 7) is 0.851. The fourth-order valence-corrected chi connectivity index (χ4v) is 3.66. The van der Waals surface area contributed by atoms with Gasteiger partial charge in [-0.3, -0.25) is 0 Å². The summed E-state index contributed by atoms with van der Waals surface area (Å²) in [5.74, 6) is 6.86. The van der Waals surface area contributed by atoms with Crippen LogP contribution in [0.4, 0.5) is 5.69 Å². The van der Waals surface area contributed by atoms with E-state index in [1.54, 1.807) is 0 Å². The smallest absolute Gasteiger partial charge is 0.0914 e. The van der Waals surface area contributed by atoms with E-state index in [1.165, 1.54) is 16.8 Å². The van der Waals surface area contributed by atoms with Gasteiger partial charge in [0.05, 0.1) is 6.04 Å². The second kappa shape index (κ2) is 7.68. The van der Waals surface area contributed by atoms with Crippen molar-refractivity contribution in [2.75, 3.05) is 4.90 Å². The maximum atomic E-state index is 6.22. The molecule has 128 valence electrons. The van der Waals surface area contributed by atoms with Gasteiger partial charge in [-0.25, -0.2) is 0 Å². The number of fused-ring (bicyclic) bond motifs is 1. The van der Waals surface area contributed by atoms with Gasteiger partial charge in [-0.05, 0) is 54.3 Å². The van der Waals surface area contributed by atoms with Crippen LogP contribution in [0.2, 0.25) is 5.02 Å². The molecule has 1 aliphatic rings. The van der Waals surface area contributed by atoms with Crippen molar-refractivity contribution in [3.8, 4) is 11.8 Å². The molecular weight excluding hydrogens is 338 g/mol. The maximum Gasteiger partial charge on any atom is 0.0914 e. The van der Waals surface area contributed by atoms with E-state index in [4.69, 9.17) is 11.6 Å². The van der Waals surface area contributed by atoms with E-state index in [-0.39, 0.29) is 6.04 Å². The number of benzene rings is 3. The van der Waals surface area contributed by atoms with Gasteiger partial charge >= 0.3 is 0 Å². The molecule has 3 aromatic rings. The molecule has 0 spiro atoms. The third-order valence-electron chi connectivity index (χ3n) is 4.77.